The lowest BCUT2D eigenvalue weighted by Gasteiger charge is -2.26. The van der Waals surface area contributed by atoms with Crippen molar-refractivity contribution in [3.63, 3.8) is 0 Å². The van der Waals surface area contributed by atoms with E-state index in [1.807, 2.05) is 0 Å². The molecule has 0 spiro atoms. The molecule has 1 aliphatic rings. The lowest BCUT2D eigenvalue weighted by atomic mass is 10.1. The summed E-state index contributed by atoms with van der Waals surface area (Å²) in [6.07, 6.45) is 1.35. The van der Waals surface area contributed by atoms with E-state index in [9.17, 15) is 14.4 Å². The number of primary amides is 1. The van der Waals surface area contributed by atoms with Gasteiger partial charge in [-0.05, 0) is 24.3 Å². The van der Waals surface area contributed by atoms with Gasteiger partial charge < -0.3 is 16.0 Å². The second-order valence-electron chi connectivity index (χ2n) is 6.15. The van der Waals surface area contributed by atoms with Gasteiger partial charge >= 0.3 is 0 Å². The Balaban J connectivity index is 1.65. The number of nitrogens with zero attached hydrogens (tertiary/aromatic N) is 4. The standard InChI is InChI=1S/C18H16N6O3/c19-16(26)13-5-6-14(24-17(13)21-10-22-24)11-1-3-12(4-2-11)18(27)23-8-7-20-15(25)9-23/h1-6,10H,7-9H2,(H2,19,26)(H,20,25). The van der Waals surface area contributed by atoms with Crippen molar-refractivity contribution in [2.45, 2.75) is 0 Å². The fraction of sp³-hybridized carbons (Fsp3) is 0.167. The number of rotatable bonds is 3. The van der Waals surface area contributed by atoms with Crippen molar-refractivity contribution in [3.05, 3.63) is 53.9 Å². The van der Waals surface area contributed by atoms with E-state index >= 15 is 0 Å². The summed E-state index contributed by atoms with van der Waals surface area (Å²) in [5.74, 6) is -0.924. The number of hydrogen-bond acceptors (Lipinski definition) is 5. The average Bonchev–Trinajstić information content (AvgIpc) is 3.16. The van der Waals surface area contributed by atoms with Crippen LogP contribution in [-0.2, 0) is 4.79 Å². The van der Waals surface area contributed by atoms with E-state index in [2.05, 4.69) is 15.4 Å². The Morgan fingerprint density at radius 1 is 1.11 bits per heavy atom. The Morgan fingerprint density at radius 3 is 2.59 bits per heavy atom. The van der Waals surface area contributed by atoms with Crippen LogP contribution in [0, 0.1) is 0 Å². The van der Waals surface area contributed by atoms with Gasteiger partial charge in [-0.15, -0.1) is 0 Å². The summed E-state index contributed by atoms with van der Waals surface area (Å²) in [6.45, 7) is 1.01. The summed E-state index contributed by atoms with van der Waals surface area (Å²) < 4.78 is 1.53. The molecule has 3 aromatic rings. The molecule has 9 nitrogen and oxygen atoms in total. The number of pyridine rings is 1. The van der Waals surface area contributed by atoms with E-state index < -0.39 is 5.91 Å². The number of carbonyl (C=O) groups is 3. The Bertz CT molecular complexity index is 1060. The van der Waals surface area contributed by atoms with Gasteiger partial charge in [-0.2, -0.15) is 5.10 Å². The Morgan fingerprint density at radius 2 is 1.89 bits per heavy atom. The summed E-state index contributed by atoms with van der Waals surface area (Å²) in [4.78, 5) is 41.2. The van der Waals surface area contributed by atoms with Gasteiger partial charge in [0.05, 0.1) is 17.8 Å². The molecule has 3 N–H and O–H groups in total. The molecule has 0 aliphatic carbocycles. The quantitative estimate of drug-likeness (QED) is 0.681. The van der Waals surface area contributed by atoms with E-state index in [4.69, 9.17) is 5.73 Å². The van der Waals surface area contributed by atoms with Crippen LogP contribution in [0.5, 0.6) is 0 Å². The number of carbonyl (C=O) groups excluding carboxylic acids is 3. The zero-order valence-corrected chi connectivity index (χ0v) is 14.3. The van der Waals surface area contributed by atoms with Crippen LogP contribution < -0.4 is 11.1 Å². The molecule has 3 amide bonds. The summed E-state index contributed by atoms with van der Waals surface area (Å²) in [7, 11) is 0. The van der Waals surface area contributed by atoms with Gasteiger partial charge in [-0.1, -0.05) is 12.1 Å². The predicted molar refractivity (Wildman–Crippen MR) is 95.9 cm³/mol. The molecule has 1 fully saturated rings. The van der Waals surface area contributed by atoms with Crippen molar-refractivity contribution in [1.82, 2.24) is 24.8 Å². The number of nitrogens with two attached hydrogens (primary N) is 1. The minimum absolute atomic E-state index is 0.0642. The smallest absolute Gasteiger partial charge is 0.254 e. The zero-order chi connectivity index (χ0) is 19.0. The van der Waals surface area contributed by atoms with Crippen LogP contribution in [-0.4, -0.2) is 56.9 Å². The average molecular weight is 364 g/mol. The third-order valence-electron chi connectivity index (χ3n) is 4.44. The number of nitrogens with one attached hydrogen (secondary N) is 1. The van der Waals surface area contributed by atoms with Gasteiger partial charge in [0.2, 0.25) is 5.91 Å². The number of benzene rings is 1. The van der Waals surface area contributed by atoms with Crippen molar-refractivity contribution in [1.29, 1.82) is 0 Å². The van der Waals surface area contributed by atoms with E-state index in [0.717, 1.165) is 5.56 Å². The van der Waals surface area contributed by atoms with E-state index in [1.54, 1.807) is 36.4 Å². The van der Waals surface area contributed by atoms with Crippen LogP contribution in [0.4, 0.5) is 0 Å². The molecule has 0 unspecified atom stereocenters. The summed E-state index contributed by atoms with van der Waals surface area (Å²) in [5, 5.41) is 6.85. The minimum Gasteiger partial charge on any atom is -0.365 e. The molecule has 1 aliphatic heterocycles. The largest absolute Gasteiger partial charge is 0.365 e. The molecular weight excluding hydrogens is 348 g/mol. The monoisotopic (exact) mass is 364 g/mol. The predicted octanol–water partition coefficient (Wildman–Crippen LogP) is 0.0672. The molecule has 4 rings (SSSR count). The molecule has 9 heteroatoms. The third kappa shape index (κ3) is 2.99. The fourth-order valence-corrected chi connectivity index (χ4v) is 3.10. The summed E-state index contributed by atoms with van der Waals surface area (Å²) >= 11 is 0. The molecule has 27 heavy (non-hydrogen) atoms. The first-order chi connectivity index (χ1) is 13.0. The highest BCUT2D eigenvalue weighted by Crippen LogP contribution is 2.22. The zero-order valence-electron chi connectivity index (χ0n) is 14.3. The maximum atomic E-state index is 12.6. The molecule has 136 valence electrons. The molecule has 0 radical (unpaired) electrons. The maximum absolute atomic E-state index is 12.6. The van der Waals surface area contributed by atoms with Crippen LogP contribution in [0.1, 0.15) is 20.7 Å². The van der Waals surface area contributed by atoms with E-state index in [1.165, 1.54) is 15.7 Å². The first-order valence-corrected chi connectivity index (χ1v) is 8.33. The van der Waals surface area contributed by atoms with Gasteiger partial charge in [0.15, 0.2) is 5.65 Å². The van der Waals surface area contributed by atoms with Crippen LogP contribution in [0.25, 0.3) is 16.9 Å². The van der Waals surface area contributed by atoms with Gasteiger partial charge in [0.25, 0.3) is 11.8 Å². The van der Waals surface area contributed by atoms with Crippen molar-refractivity contribution in [2.24, 2.45) is 5.73 Å². The summed E-state index contributed by atoms with van der Waals surface area (Å²) in [5.41, 5.74) is 8.04. The van der Waals surface area contributed by atoms with Crippen LogP contribution in [0.3, 0.4) is 0 Å². The number of piperazine rings is 1. The molecule has 0 atom stereocenters. The second kappa shape index (κ2) is 6.52. The molecule has 0 bridgehead atoms. The summed E-state index contributed by atoms with van der Waals surface area (Å²) in [6, 6.07) is 10.3. The lowest BCUT2D eigenvalue weighted by Crippen LogP contribution is -2.49. The molecule has 1 aromatic carbocycles. The molecule has 1 saturated heterocycles. The van der Waals surface area contributed by atoms with Crippen LogP contribution in [0.2, 0.25) is 0 Å². The SMILES string of the molecule is NC(=O)c1ccc(-c2ccc(C(=O)N3CCNC(=O)C3)cc2)n2ncnc12. The highest BCUT2D eigenvalue weighted by atomic mass is 16.2. The van der Waals surface area contributed by atoms with Crippen molar-refractivity contribution in [3.8, 4) is 11.3 Å². The van der Waals surface area contributed by atoms with Gasteiger partial charge in [0.1, 0.15) is 6.33 Å². The van der Waals surface area contributed by atoms with Crippen LogP contribution in [0.15, 0.2) is 42.7 Å². The Labute approximate surface area is 153 Å². The highest BCUT2D eigenvalue weighted by Gasteiger charge is 2.22. The molecule has 2 aromatic heterocycles. The van der Waals surface area contributed by atoms with E-state index in [-0.39, 0.29) is 23.9 Å². The lowest BCUT2D eigenvalue weighted by molar-refractivity contribution is -0.123. The van der Waals surface area contributed by atoms with E-state index in [0.29, 0.717) is 30.0 Å². The molecular formula is C18H16N6O3. The third-order valence-corrected chi connectivity index (χ3v) is 4.44. The van der Waals surface area contributed by atoms with Gasteiger partial charge in [-0.3, -0.25) is 14.4 Å². The first kappa shape index (κ1) is 16.7. The second-order valence-corrected chi connectivity index (χ2v) is 6.15. The molecule has 3 heterocycles. The normalized spacial score (nSPS) is 14.2. The first-order valence-electron chi connectivity index (χ1n) is 8.33. The minimum atomic E-state index is -0.578. The topological polar surface area (TPSA) is 123 Å². The Hall–Kier alpha value is -3.75. The van der Waals surface area contributed by atoms with Gasteiger partial charge in [0, 0.05) is 24.2 Å². The number of fused-ring (bicyclic) bond motifs is 1. The maximum Gasteiger partial charge on any atom is 0.254 e. The highest BCUT2D eigenvalue weighted by molar-refractivity contribution is 5.99. The van der Waals surface area contributed by atoms with Crippen molar-refractivity contribution in [2.75, 3.05) is 19.6 Å². The Kier molecular flexibility index (Phi) is 4.03. The van der Waals surface area contributed by atoms with Crippen molar-refractivity contribution < 1.29 is 14.4 Å². The van der Waals surface area contributed by atoms with Crippen molar-refractivity contribution >= 4 is 23.4 Å². The number of hydrogen-bond donors (Lipinski definition) is 2. The number of aromatic nitrogens is 3. The number of amides is 3. The fourth-order valence-electron chi connectivity index (χ4n) is 3.10. The molecule has 0 saturated carbocycles. The van der Waals surface area contributed by atoms with Gasteiger partial charge in [-0.25, -0.2) is 9.50 Å². The van der Waals surface area contributed by atoms with Crippen LogP contribution >= 0.6 is 0 Å².